The molecule has 1 amide bonds. The minimum atomic E-state index is -0.177. The number of amides is 1. The summed E-state index contributed by atoms with van der Waals surface area (Å²) >= 11 is 7.50. The van der Waals surface area contributed by atoms with Crippen molar-refractivity contribution < 1.29 is 4.79 Å². The Morgan fingerprint density at radius 2 is 2.15 bits per heavy atom. The first-order valence-corrected chi connectivity index (χ1v) is 10.0. The molecule has 0 aliphatic heterocycles. The van der Waals surface area contributed by atoms with Crippen molar-refractivity contribution in [1.82, 2.24) is 10.3 Å². The summed E-state index contributed by atoms with van der Waals surface area (Å²) in [6, 6.07) is 11.4. The minimum absolute atomic E-state index is 0.106. The smallest absolute Gasteiger partial charge is 0.230 e. The number of halogens is 1. The van der Waals surface area contributed by atoms with E-state index in [0.29, 0.717) is 15.6 Å². The van der Waals surface area contributed by atoms with Gasteiger partial charge in [0.2, 0.25) is 5.91 Å². The van der Waals surface area contributed by atoms with E-state index in [4.69, 9.17) is 11.6 Å². The number of nitriles is 1. The Morgan fingerprint density at radius 1 is 1.38 bits per heavy atom. The van der Waals surface area contributed by atoms with Crippen molar-refractivity contribution in [3.63, 3.8) is 0 Å². The molecule has 0 saturated heterocycles. The predicted molar refractivity (Wildman–Crippen MR) is 104 cm³/mol. The molecular formula is C20H20ClN3OS. The SMILES string of the molecule is CC(NC(=O)CSc1nc2c(cc1C#N)CCCC2)c1ccccc1Cl. The molecule has 0 radical (unpaired) electrons. The summed E-state index contributed by atoms with van der Waals surface area (Å²) in [7, 11) is 0. The number of fused-ring (bicyclic) bond motifs is 1. The normalized spacial score (nSPS) is 14.2. The van der Waals surface area contributed by atoms with Gasteiger partial charge in [-0.2, -0.15) is 5.26 Å². The summed E-state index contributed by atoms with van der Waals surface area (Å²) in [4.78, 5) is 17.0. The first kappa shape index (κ1) is 18.8. The van der Waals surface area contributed by atoms with E-state index in [-0.39, 0.29) is 17.7 Å². The Morgan fingerprint density at radius 3 is 2.92 bits per heavy atom. The Kier molecular flexibility index (Phi) is 6.18. The Balaban J connectivity index is 1.64. The molecular weight excluding hydrogens is 366 g/mol. The Bertz CT molecular complexity index is 863. The third-order valence-corrected chi connectivity index (χ3v) is 5.81. The Hall–Kier alpha value is -2.03. The Labute approximate surface area is 163 Å². The summed E-state index contributed by atoms with van der Waals surface area (Å²) < 4.78 is 0. The van der Waals surface area contributed by atoms with Crippen molar-refractivity contribution in [2.45, 2.75) is 43.7 Å². The quantitative estimate of drug-likeness (QED) is 0.772. The highest BCUT2D eigenvalue weighted by molar-refractivity contribution is 8.00. The lowest BCUT2D eigenvalue weighted by Gasteiger charge is -2.17. The van der Waals surface area contributed by atoms with E-state index in [1.165, 1.54) is 17.3 Å². The fourth-order valence-corrected chi connectivity index (χ4v) is 4.21. The number of pyridine rings is 1. The predicted octanol–water partition coefficient (Wildman–Crippen LogP) is 4.45. The van der Waals surface area contributed by atoms with Gasteiger partial charge in [0.15, 0.2) is 0 Å². The fraction of sp³-hybridized carbons (Fsp3) is 0.350. The second-order valence-electron chi connectivity index (χ2n) is 6.37. The van der Waals surface area contributed by atoms with E-state index in [1.807, 2.05) is 37.3 Å². The van der Waals surface area contributed by atoms with Gasteiger partial charge in [0.25, 0.3) is 0 Å². The summed E-state index contributed by atoms with van der Waals surface area (Å²) in [6.45, 7) is 1.90. The topological polar surface area (TPSA) is 65.8 Å². The maximum absolute atomic E-state index is 12.3. The molecule has 26 heavy (non-hydrogen) atoms. The van der Waals surface area contributed by atoms with Crippen LogP contribution < -0.4 is 5.32 Å². The zero-order valence-electron chi connectivity index (χ0n) is 14.6. The lowest BCUT2D eigenvalue weighted by atomic mass is 9.95. The average molecular weight is 386 g/mol. The van der Waals surface area contributed by atoms with Crippen LogP contribution in [-0.4, -0.2) is 16.6 Å². The van der Waals surface area contributed by atoms with Crippen LogP contribution in [0.15, 0.2) is 35.4 Å². The number of nitrogens with zero attached hydrogens (tertiary/aromatic N) is 2. The maximum atomic E-state index is 12.3. The van der Waals surface area contributed by atoms with Crippen LogP contribution in [0.5, 0.6) is 0 Å². The minimum Gasteiger partial charge on any atom is -0.349 e. The zero-order chi connectivity index (χ0) is 18.5. The lowest BCUT2D eigenvalue weighted by Crippen LogP contribution is -2.28. The van der Waals surface area contributed by atoms with Gasteiger partial charge in [0, 0.05) is 10.7 Å². The van der Waals surface area contributed by atoms with Crippen LogP contribution in [-0.2, 0) is 17.6 Å². The summed E-state index contributed by atoms with van der Waals surface area (Å²) in [6.07, 6.45) is 4.21. The molecule has 1 aromatic carbocycles. The standard InChI is InChI=1S/C20H20ClN3OS/c1-13(16-7-3-4-8-17(16)21)23-19(25)12-26-20-15(11-22)10-14-6-2-5-9-18(14)24-20/h3-4,7-8,10,13H,2,5-6,9,12H2,1H3,(H,23,25). The van der Waals surface area contributed by atoms with E-state index in [1.54, 1.807) is 0 Å². The second-order valence-corrected chi connectivity index (χ2v) is 7.74. The maximum Gasteiger partial charge on any atom is 0.230 e. The van der Waals surface area contributed by atoms with Crippen LogP contribution in [0, 0.1) is 11.3 Å². The number of thioether (sulfide) groups is 1. The monoisotopic (exact) mass is 385 g/mol. The number of benzene rings is 1. The number of nitrogens with one attached hydrogen (secondary N) is 1. The molecule has 1 aliphatic carbocycles. The molecule has 2 aromatic rings. The largest absolute Gasteiger partial charge is 0.349 e. The van der Waals surface area contributed by atoms with Gasteiger partial charge in [-0.15, -0.1) is 0 Å². The van der Waals surface area contributed by atoms with E-state index < -0.39 is 0 Å². The fourth-order valence-electron chi connectivity index (χ4n) is 3.13. The lowest BCUT2D eigenvalue weighted by molar-refractivity contribution is -0.119. The number of hydrogen-bond donors (Lipinski definition) is 1. The van der Waals surface area contributed by atoms with E-state index in [2.05, 4.69) is 16.4 Å². The van der Waals surface area contributed by atoms with Crippen LogP contribution in [0.25, 0.3) is 0 Å². The molecule has 1 unspecified atom stereocenters. The molecule has 1 heterocycles. The van der Waals surface area contributed by atoms with Gasteiger partial charge in [-0.3, -0.25) is 4.79 Å². The molecule has 6 heteroatoms. The van der Waals surface area contributed by atoms with Gasteiger partial charge >= 0.3 is 0 Å². The van der Waals surface area contributed by atoms with Gasteiger partial charge in [0.05, 0.1) is 17.4 Å². The molecule has 1 N–H and O–H groups in total. The average Bonchev–Trinajstić information content (AvgIpc) is 2.65. The van der Waals surface area contributed by atoms with Gasteiger partial charge in [-0.25, -0.2) is 4.98 Å². The van der Waals surface area contributed by atoms with Crippen molar-refractivity contribution in [1.29, 1.82) is 5.26 Å². The molecule has 4 nitrogen and oxygen atoms in total. The van der Waals surface area contributed by atoms with Crippen LogP contribution >= 0.6 is 23.4 Å². The van der Waals surface area contributed by atoms with Crippen molar-refractivity contribution in [2.75, 3.05) is 5.75 Å². The first-order valence-electron chi connectivity index (χ1n) is 8.68. The molecule has 3 rings (SSSR count). The third-order valence-electron chi connectivity index (χ3n) is 4.48. The van der Waals surface area contributed by atoms with Crippen LogP contribution in [0.4, 0.5) is 0 Å². The molecule has 0 fully saturated rings. The first-order chi connectivity index (χ1) is 12.6. The number of hydrogen-bond acceptors (Lipinski definition) is 4. The van der Waals surface area contributed by atoms with Crippen molar-refractivity contribution in [2.24, 2.45) is 0 Å². The highest BCUT2D eigenvalue weighted by atomic mass is 35.5. The second kappa shape index (κ2) is 8.57. The van der Waals surface area contributed by atoms with Crippen molar-refractivity contribution in [3.8, 4) is 6.07 Å². The highest BCUT2D eigenvalue weighted by Gasteiger charge is 2.17. The summed E-state index contributed by atoms with van der Waals surface area (Å²) in [5.74, 6) is 0.112. The van der Waals surface area contributed by atoms with Crippen LogP contribution in [0.2, 0.25) is 5.02 Å². The molecule has 1 aliphatic rings. The molecule has 134 valence electrons. The van der Waals surface area contributed by atoms with Crippen molar-refractivity contribution in [3.05, 3.63) is 57.7 Å². The molecule has 1 atom stereocenters. The van der Waals surface area contributed by atoms with Gasteiger partial charge in [-0.05, 0) is 55.9 Å². The third kappa shape index (κ3) is 4.38. The van der Waals surface area contributed by atoms with E-state index in [9.17, 15) is 10.1 Å². The number of carbonyl (C=O) groups excluding carboxylic acids is 1. The number of aromatic nitrogens is 1. The summed E-state index contributed by atoms with van der Waals surface area (Å²) in [5, 5.41) is 13.6. The van der Waals surface area contributed by atoms with Gasteiger partial charge in [-0.1, -0.05) is 41.6 Å². The van der Waals surface area contributed by atoms with Gasteiger partial charge < -0.3 is 5.32 Å². The van der Waals surface area contributed by atoms with E-state index >= 15 is 0 Å². The molecule has 1 aromatic heterocycles. The number of rotatable bonds is 5. The molecule has 0 saturated carbocycles. The molecule has 0 spiro atoms. The van der Waals surface area contributed by atoms with E-state index in [0.717, 1.165) is 36.9 Å². The number of aryl methyl sites for hydroxylation is 2. The van der Waals surface area contributed by atoms with Crippen molar-refractivity contribution >= 4 is 29.3 Å². The summed E-state index contributed by atoms with van der Waals surface area (Å²) in [5.41, 5.74) is 3.69. The zero-order valence-corrected chi connectivity index (χ0v) is 16.2. The van der Waals surface area contributed by atoms with Crippen LogP contribution in [0.3, 0.4) is 0 Å². The number of carbonyl (C=O) groups is 1. The van der Waals surface area contributed by atoms with Crippen LogP contribution in [0.1, 0.15) is 48.2 Å². The molecule has 0 bridgehead atoms. The van der Waals surface area contributed by atoms with Gasteiger partial charge in [0.1, 0.15) is 11.1 Å². The highest BCUT2D eigenvalue weighted by Crippen LogP contribution is 2.27.